The maximum Gasteiger partial charge on any atom is 0.0703 e. The van der Waals surface area contributed by atoms with E-state index < -0.39 is 0 Å². The van der Waals surface area contributed by atoms with E-state index in [0.717, 1.165) is 19.6 Å². The Morgan fingerprint density at radius 3 is 1.18 bits per heavy atom. The molecule has 0 spiro atoms. The zero-order valence-electron chi connectivity index (χ0n) is 24.4. The highest BCUT2D eigenvalue weighted by atomic mass is 16.5. The Labute approximate surface area is 211 Å². The third-order valence-corrected chi connectivity index (χ3v) is 3.19. The Bertz CT molecular complexity index is 313. The summed E-state index contributed by atoms with van der Waals surface area (Å²) < 4.78 is 35.5. The molecule has 0 aliphatic heterocycles. The van der Waals surface area contributed by atoms with Gasteiger partial charge in [-0.3, -0.25) is 0 Å². The molecule has 0 unspecified atom stereocenters. The van der Waals surface area contributed by atoms with E-state index in [0.29, 0.717) is 64.6 Å². The van der Waals surface area contributed by atoms with Crippen LogP contribution in [0.15, 0.2) is 0 Å². The van der Waals surface area contributed by atoms with E-state index >= 15 is 0 Å². The van der Waals surface area contributed by atoms with Gasteiger partial charge in [-0.2, -0.15) is 0 Å². The molecule has 0 amide bonds. The minimum absolute atomic E-state index is 0.0850. The van der Waals surface area contributed by atoms with Gasteiger partial charge in [0.15, 0.2) is 0 Å². The summed E-state index contributed by atoms with van der Waals surface area (Å²) in [6.45, 7) is 26.4. The second-order valence-corrected chi connectivity index (χ2v) is 8.20. The summed E-state index contributed by atoms with van der Waals surface area (Å²) in [5, 5.41) is 8.31. The standard InChI is InChI=1S/C7H16O3.C7H16O2.C6H14O2.C6H14O/c1-7(2)10-6-5-9-4-3-8;1-4-8-5-6-9-7(2)3;1-6(2)8-5-4-7-3;1-4-5-7-6(2)3/h7-8H,3-6H2,1-2H3;7H,4-6H2,1-3H3;6H,4-5H2,1-3H3;6H,4-5H2,1-3H3. The third kappa shape index (κ3) is 63.4. The number of aliphatic hydroxyl groups excluding tert-OH is 1. The Morgan fingerprint density at radius 2 is 0.882 bits per heavy atom. The second kappa shape index (κ2) is 37.2. The lowest BCUT2D eigenvalue weighted by Gasteiger charge is -2.06. The predicted molar refractivity (Wildman–Crippen MR) is 141 cm³/mol. The zero-order valence-corrected chi connectivity index (χ0v) is 24.4. The summed E-state index contributed by atoms with van der Waals surface area (Å²) in [6.07, 6.45) is 2.44. The summed E-state index contributed by atoms with van der Waals surface area (Å²) in [6, 6.07) is 0. The van der Waals surface area contributed by atoms with E-state index in [-0.39, 0.29) is 12.7 Å². The smallest absolute Gasteiger partial charge is 0.0703 e. The quantitative estimate of drug-likeness (QED) is 0.270. The molecular weight excluding hydrogens is 440 g/mol. The summed E-state index contributed by atoms with van der Waals surface area (Å²) >= 11 is 0. The molecule has 0 atom stereocenters. The highest BCUT2D eigenvalue weighted by molar-refractivity contribution is 4.37. The van der Waals surface area contributed by atoms with Crippen LogP contribution in [0.3, 0.4) is 0 Å². The molecule has 0 aromatic heterocycles. The van der Waals surface area contributed by atoms with Crippen molar-refractivity contribution < 1.29 is 38.3 Å². The maximum atomic E-state index is 8.31. The van der Waals surface area contributed by atoms with Crippen molar-refractivity contribution in [3.63, 3.8) is 0 Å². The molecular formula is C26H60O8. The first kappa shape index (κ1) is 40.8. The Hall–Kier alpha value is -0.320. The van der Waals surface area contributed by atoms with Gasteiger partial charge in [0.05, 0.1) is 77.3 Å². The molecule has 0 saturated carbocycles. The van der Waals surface area contributed by atoms with Crippen LogP contribution in [0.2, 0.25) is 0 Å². The number of methoxy groups -OCH3 is 1. The molecule has 0 aliphatic carbocycles. The van der Waals surface area contributed by atoms with E-state index in [1.165, 1.54) is 0 Å². The molecule has 212 valence electrons. The normalized spacial score (nSPS) is 10.6. The van der Waals surface area contributed by atoms with Crippen molar-refractivity contribution in [1.82, 2.24) is 0 Å². The van der Waals surface area contributed by atoms with Gasteiger partial charge in [-0.25, -0.2) is 0 Å². The van der Waals surface area contributed by atoms with E-state index in [1.54, 1.807) is 7.11 Å². The molecule has 8 nitrogen and oxygen atoms in total. The molecule has 0 saturated heterocycles. The highest BCUT2D eigenvalue weighted by Gasteiger charge is 1.92. The highest BCUT2D eigenvalue weighted by Crippen LogP contribution is 1.88. The van der Waals surface area contributed by atoms with Gasteiger partial charge in [-0.15, -0.1) is 0 Å². The van der Waals surface area contributed by atoms with Gasteiger partial charge in [0.1, 0.15) is 0 Å². The van der Waals surface area contributed by atoms with Gasteiger partial charge in [0.25, 0.3) is 0 Å². The van der Waals surface area contributed by atoms with Crippen LogP contribution in [-0.2, 0) is 33.2 Å². The summed E-state index contributed by atoms with van der Waals surface area (Å²) in [5.41, 5.74) is 0. The average molecular weight is 501 g/mol. The Kier molecular flexibility index (Phi) is 44.7. The summed E-state index contributed by atoms with van der Waals surface area (Å²) in [5.74, 6) is 0. The van der Waals surface area contributed by atoms with Gasteiger partial charge in [-0.05, 0) is 68.7 Å². The minimum Gasteiger partial charge on any atom is -0.394 e. The van der Waals surface area contributed by atoms with Crippen molar-refractivity contribution in [1.29, 1.82) is 0 Å². The number of aliphatic hydroxyl groups is 1. The monoisotopic (exact) mass is 500 g/mol. The largest absolute Gasteiger partial charge is 0.394 e. The van der Waals surface area contributed by atoms with Crippen LogP contribution < -0.4 is 0 Å². The topological polar surface area (TPSA) is 84.8 Å². The van der Waals surface area contributed by atoms with Crippen molar-refractivity contribution in [2.24, 2.45) is 0 Å². The first-order chi connectivity index (χ1) is 16.1. The lowest BCUT2D eigenvalue weighted by molar-refractivity contribution is 0.0103. The molecule has 0 rings (SSSR count). The molecule has 1 N–H and O–H groups in total. The molecule has 0 aliphatic rings. The third-order valence-electron chi connectivity index (χ3n) is 3.19. The molecule has 8 heteroatoms. The van der Waals surface area contributed by atoms with Crippen LogP contribution in [0.1, 0.15) is 75.7 Å². The van der Waals surface area contributed by atoms with Crippen molar-refractivity contribution in [2.75, 3.05) is 73.2 Å². The number of hydrogen-bond donors (Lipinski definition) is 1. The first-order valence-electron chi connectivity index (χ1n) is 12.8. The maximum absolute atomic E-state index is 8.31. The molecule has 0 radical (unpaired) electrons. The Balaban J connectivity index is -0.000000178. The number of ether oxygens (including phenoxy) is 7. The molecule has 0 heterocycles. The Morgan fingerprint density at radius 1 is 0.500 bits per heavy atom. The van der Waals surface area contributed by atoms with E-state index in [9.17, 15) is 0 Å². The van der Waals surface area contributed by atoms with Gasteiger partial charge in [0.2, 0.25) is 0 Å². The van der Waals surface area contributed by atoms with Crippen LogP contribution in [0.25, 0.3) is 0 Å². The average Bonchev–Trinajstić information content (AvgIpc) is 2.76. The van der Waals surface area contributed by atoms with E-state index in [1.807, 2.05) is 48.5 Å². The van der Waals surface area contributed by atoms with Crippen LogP contribution in [0, 0.1) is 0 Å². The van der Waals surface area contributed by atoms with E-state index in [4.69, 9.17) is 38.3 Å². The van der Waals surface area contributed by atoms with Crippen molar-refractivity contribution in [3.05, 3.63) is 0 Å². The van der Waals surface area contributed by atoms with Crippen LogP contribution in [0.4, 0.5) is 0 Å². The first-order valence-corrected chi connectivity index (χ1v) is 12.8. The van der Waals surface area contributed by atoms with Gasteiger partial charge in [-0.1, -0.05) is 6.92 Å². The number of rotatable bonds is 18. The molecule has 34 heavy (non-hydrogen) atoms. The lowest BCUT2D eigenvalue weighted by Crippen LogP contribution is -2.10. The van der Waals surface area contributed by atoms with Gasteiger partial charge >= 0.3 is 0 Å². The van der Waals surface area contributed by atoms with Gasteiger partial charge < -0.3 is 38.3 Å². The number of hydrogen-bond acceptors (Lipinski definition) is 8. The second-order valence-electron chi connectivity index (χ2n) is 8.20. The van der Waals surface area contributed by atoms with Crippen molar-refractivity contribution in [3.8, 4) is 0 Å². The predicted octanol–water partition coefficient (Wildman–Crippen LogP) is 4.75. The lowest BCUT2D eigenvalue weighted by atomic mass is 10.4. The SMILES string of the molecule is CC(C)OCCOCCO.CCCOC(C)C.CCOCCOC(C)C.COCCOC(C)C. The fraction of sp³-hybridized carbons (Fsp3) is 1.00. The van der Waals surface area contributed by atoms with Crippen molar-refractivity contribution in [2.45, 2.75) is 100 Å². The minimum atomic E-state index is 0.0850. The van der Waals surface area contributed by atoms with E-state index in [2.05, 4.69) is 20.8 Å². The van der Waals surface area contributed by atoms with Crippen LogP contribution in [-0.4, -0.2) is 103 Å². The fourth-order valence-electron chi connectivity index (χ4n) is 1.72. The summed E-state index contributed by atoms with van der Waals surface area (Å²) in [4.78, 5) is 0. The van der Waals surface area contributed by atoms with Gasteiger partial charge in [0, 0.05) is 20.3 Å². The van der Waals surface area contributed by atoms with Crippen LogP contribution >= 0.6 is 0 Å². The van der Waals surface area contributed by atoms with Crippen molar-refractivity contribution >= 4 is 0 Å². The molecule has 0 fully saturated rings. The summed E-state index contributed by atoms with van der Waals surface area (Å²) in [7, 11) is 1.67. The zero-order chi connectivity index (χ0) is 27.0. The molecule has 0 bridgehead atoms. The van der Waals surface area contributed by atoms with Crippen LogP contribution in [0.5, 0.6) is 0 Å². The molecule has 0 aromatic carbocycles. The fourth-order valence-corrected chi connectivity index (χ4v) is 1.72. The molecule has 0 aromatic rings.